The number of hydrogen-bond donors (Lipinski definition) is 0. The number of benzene rings is 3. The Hall–Kier alpha value is -3.97. The maximum Gasteiger partial charge on any atom is 0.272 e. The van der Waals surface area contributed by atoms with Crippen molar-refractivity contribution in [3.05, 3.63) is 89.6 Å². The van der Waals surface area contributed by atoms with E-state index in [9.17, 15) is 4.79 Å². The Labute approximate surface area is 215 Å². The van der Waals surface area contributed by atoms with Gasteiger partial charge in [0.25, 0.3) is 5.91 Å². The lowest BCUT2D eigenvalue weighted by molar-refractivity contribution is 0.0737. The van der Waals surface area contributed by atoms with Crippen LogP contribution in [0.5, 0.6) is 11.5 Å². The molecule has 5 rings (SSSR count). The van der Waals surface area contributed by atoms with E-state index in [2.05, 4.69) is 4.90 Å². The third-order valence-electron chi connectivity index (χ3n) is 6.39. The van der Waals surface area contributed by atoms with E-state index in [-0.39, 0.29) is 5.91 Å². The van der Waals surface area contributed by atoms with Crippen LogP contribution < -0.4 is 14.4 Å². The third-order valence-corrected chi connectivity index (χ3v) is 6.71. The lowest BCUT2D eigenvalue weighted by Gasteiger charge is -2.36. The van der Waals surface area contributed by atoms with E-state index in [1.165, 1.54) is 0 Å². The first kappa shape index (κ1) is 23.8. The molecule has 2 heterocycles. The summed E-state index contributed by atoms with van der Waals surface area (Å²) >= 11 is 6.51. The Morgan fingerprint density at radius 1 is 0.833 bits per heavy atom. The maximum atomic E-state index is 13.8. The van der Waals surface area contributed by atoms with Crippen LogP contribution in [-0.4, -0.2) is 61.0 Å². The first-order valence-electron chi connectivity index (χ1n) is 11.8. The van der Waals surface area contributed by atoms with Crippen molar-refractivity contribution in [2.45, 2.75) is 0 Å². The highest BCUT2D eigenvalue weighted by molar-refractivity contribution is 6.32. The van der Waals surface area contributed by atoms with E-state index >= 15 is 0 Å². The maximum absolute atomic E-state index is 13.8. The summed E-state index contributed by atoms with van der Waals surface area (Å²) in [5, 5.41) is 5.31. The SMILES string of the molecule is COc1ccc(-c2cc(C(=O)N3CCN(c4ccccc4OC)CC3)n(-c3ccccc3Cl)n2)cc1. The van der Waals surface area contributed by atoms with Crippen LogP contribution in [0.4, 0.5) is 5.69 Å². The molecule has 36 heavy (non-hydrogen) atoms. The normalized spacial score (nSPS) is 13.5. The Morgan fingerprint density at radius 2 is 1.50 bits per heavy atom. The Bertz CT molecular complexity index is 1360. The second-order valence-electron chi connectivity index (χ2n) is 8.46. The number of rotatable bonds is 6. The van der Waals surface area contributed by atoms with Crippen molar-refractivity contribution in [3.63, 3.8) is 0 Å². The molecule has 0 spiro atoms. The molecule has 1 saturated heterocycles. The van der Waals surface area contributed by atoms with Gasteiger partial charge in [0.15, 0.2) is 0 Å². The van der Waals surface area contributed by atoms with Gasteiger partial charge in [0.05, 0.1) is 36.3 Å². The second kappa shape index (κ2) is 10.3. The van der Waals surface area contributed by atoms with E-state index in [4.69, 9.17) is 26.2 Å². The van der Waals surface area contributed by atoms with Crippen molar-refractivity contribution in [3.8, 4) is 28.4 Å². The number of nitrogens with zero attached hydrogens (tertiary/aromatic N) is 4. The molecule has 3 aromatic carbocycles. The van der Waals surface area contributed by atoms with Gasteiger partial charge < -0.3 is 19.3 Å². The fraction of sp³-hybridized carbons (Fsp3) is 0.214. The first-order chi connectivity index (χ1) is 17.6. The molecule has 8 heteroatoms. The topological polar surface area (TPSA) is 59.8 Å². The summed E-state index contributed by atoms with van der Waals surface area (Å²) in [6.45, 7) is 2.58. The summed E-state index contributed by atoms with van der Waals surface area (Å²) in [6.07, 6.45) is 0. The molecule has 1 fully saturated rings. The highest BCUT2D eigenvalue weighted by Gasteiger charge is 2.27. The molecule has 1 aromatic heterocycles. The van der Waals surface area contributed by atoms with Crippen molar-refractivity contribution < 1.29 is 14.3 Å². The smallest absolute Gasteiger partial charge is 0.272 e. The number of piperazine rings is 1. The Balaban J connectivity index is 1.44. The largest absolute Gasteiger partial charge is 0.497 e. The monoisotopic (exact) mass is 502 g/mol. The molecule has 0 aliphatic carbocycles. The van der Waals surface area contributed by atoms with Crippen LogP contribution in [0.1, 0.15) is 10.5 Å². The Morgan fingerprint density at radius 3 is 2.17 bits per heavy atom. The molecular weight excluding hydrogens is 476 g/mol. The van der Waals surface area contributed by atoms with Crippen LogP contribution in [0.3, 0.4) is 0 Å². The van der Waals surface area contributed by atoms with Gasteiger partial charge in [-0.2, -0.15) is 5.10 Å². The number of hydrogen-bond acceptors (Lipinski definition) is 5. The van der Waals surface area contributed by atoms with Crippen molar-refractivity contribution >= 4 is 23.2 Å². The minimum Gasteiger partial charge on any atom is -0.497 e. The van der Waals surface area contributed by atoms with E-state index < -0.39 is 0 Å². The number of aromatic nitrogens is 2. The van der Waals surface area contributed by atoms with Crippen LogP contribution in [0, 0.1) is 0 Å². The van der Waals surface area contributed by atoms with E-state index in [0.29, 0.717) is 48.3 Å². The molecule has 0 unspecified atom stereocenters. The standard InChI is InChI=1S/C28H27ClN4O3/c1-35-21-13-11-20(12-14-21)23-19-26(33(30-23)24-8-4-3-7-22(24)29)28(34)32-17-15-31(16-18-32)25-9-5-6-10-27(25)36-2/h3-14,19H,15-18H2,1-2H3. The molecule has 1 aliphatic heterocycles. The molecular formula is C28H27ClN4O3. The van der Waals surface area contributed by atoms with Crippen LogP contribution in [0.2, 0.25) is 5.02 Å². The summed E-state index contributed by atoms with van der Waals surface area (Å²) in [6, 6.07) is 24.8. The number of methoxy groups -OCH3 is 2. The molecule has 0 radical (unpaired) electrons. The predicted molar refractivity (Wildman–Crippen MR) is 142 cm³/mol. The zero-order valence-corrected chi connectivity index (χ0v) is 21.0. The van der Waals surface area contributed by atoms with Crippen molar-refractivity contribution in [1.29, 1.82) is 0 Å². The van der Waals surface area contributed by atoms with Gasteiger partial charge in [0.2, 0.25) is 0 Å². The van der Waals surface area contributed by atoms with Crippen LogP contribution in [0.25, 0.3) is 16.9 Å². The van der Waals surface area contributed by atoms with Gasteiger partial charge in [-0.05, 0) is 54.6 Å². The number of ether oxygens (including phenoxy) is 2. The Kier molecular flexibility index (Phi) is 6.82. The highest BCUT2D eigenvalue weighted by Crippen LogP contribution is 2.30. The van der Waals surface area contributed by atoms with Crippen molar-refractivity contribution in [1.82, 2.24) is 14.7 Å². The molecule has 0 bridgehead atoms. The fourth-order valence-electron chi connectivity index (χ4n) is 4.45. The summed E-state index contributed by atoms with van der Waals surface area (Å²) in [7, 11) is 3.31. The predicted octanol–water partition coefficient (Wildman–Crippen LogP) is 5.17. The number of carbonyl (C=O) groups is 1. The molecule has 184 valence electrons. The van der Waals surface area contributed by atoms with Crippen LogP contribution in [0.15, 0.2) is 78.9 Å². The fourth-order valence-corrected chi connectivity index (χ4v) is 4.66. The summed E-state index contributed by atoms with van der Waals surface area (Å²) in [5.41, 5.74) is 3.75. The van der Waals surface area contributed by atoms with Gasteiger partial charge in [-0.3, -0.25) is 4.79 Å². The summed E-state index contributed by atoms with van der Waals surface area (Å²) < 4.78 is 12.4. The molecule has 7 nitrogen and oxygen atoms in total. The molecule has 1 aliphatic rings. The van der Waals surface area contributed by atoms with Crippen molar-refractivity contribution in [2.24, 2.45) is 0 Å². The van der Waals surface area contributed by atoms with Crippen LogP contribution >= 0.6 is 11.6 Å². The average Bonchev–Trinajstić information content (AvgIpc) is 3.38. The van der Waals surface area contributed by atoms with Gasteiger partial charge in [-0.25, -0.2) is 4.68 Å². The van der Waals surface area contributed by atoms with Gasteiger partial charge in [0, 0.05) is 31.7 Å². The lowest BCUT2D eigenvalue weighted by atomic mass is 10.1. The van der Waals surface area contributed by atoms with Gasteiger partial charge >= 0.3 is 0 Å². The zero-order chi connectivity index (χ0) is 25.1. The van der Waals surface area contributed by atoms with Crippen molar-refractivity contribution in [2.75, 3.05) is 45.3 Å². The van der Waals surface area contributed by atoms with Gasteiger partial charge in [-0.15, -0.1) is 0 Å². The average molecular weight is 503 g/mol. The number of amides is 1. The van der Waals surface area contributed by atoms with E-state index in [1.54, 1.807) is 25.0 Å². The number of halogens is 1. The van der Waals surface area contributed by atoms with E-state index in [0.717, 1.165) is 22.7 Å². The quantitative estimate of drug-likeness (QED) is 0.364. The molecule has 1 amide bonds. The lowest BCUT2D eigenvalue weighted by Crippen LogP contribution is -2.49. The summed E-state index contributed by atoms with van der Waals surface area (Å²) in [5.74, 6) is 1.51. The van der Waals surface area contributed by atoms with Gasteiger partial charge in [-0.1, -0.05) is 35.9 Å². The van der Waals surface area contributed by atoms with Crippen LogP contribution in [-0.2, 0) is 0 Å². The molecule has 4 aromatic rings. The summed E-state index contributed by atoms with van der Waals surface area (Å²) in [4.78, 5) is 17.9. The number of carbonyl (C=O) groups excluding carboxylic acids is 1. The first-order valence-corrected chi connectivity index (χ1v) is 12.1. The third kappa shape index (κ3) is 4.62. The molecule has 0 atom stereocenters. The second-order valence-corrected chi connectivity index (χ2v) is 8.86. The number of anilines is 1. The zero-order valence-electron chi connectivity index (χ0n) is 20.2. The molecule has 0 saturated carbocycles. The minimum absolute atomic E-state index is 0.0816. The minimum atomic E-state index is -0.0816. The highest BCUT2D eigenvalue weighted by atomic mass is 35.5. The molecule has 0 N–H and O–H groups in total. The van der Waals surface area contributed by atoms with Gasteiger partial charge in [0.1, 0.15) is 17.2 Å². The van der Waals surface area contributed by atoms with E-state index in [1.807, 2.05) is 77.7 Å². The number of para-hydroxylation sites is 3.